The highest BCUT2D eigenvalue weighted by molar-refractivity contribution is 5.95. The van der Waals surface area contributed by atoms with Crippen molar-refractivity contribution in [2.75, 3.05) is 7.05 Å². The van der Waals surface area contributed by atoms with Crippen molar-refractivity contribution in [3.63, 3.8) is 0 Å². The van der Waals surface area contributed by atoms with Gasteiger partial charge in [0.1, 0.15) is 6.61 Å². The van der Waals surface area contributed by atoms with Crippen molar-refractivity contribution >= 4 is 11.7 Å². The first-order valence-electron chi connectivity index (χ1n) is 17.0. The molecule has 5 aliphatic carbocycles. The Hall–Kier alpha value is -1.98. The summed E-state index contributed by atoms with van der Waals surface area (Å²) in [6, 6.07) is 10.2. The van der Waals surface area contributed by atoms with Crippen molar-refractivity contribution in [2.24, 2.45) is 56.0 Å². The Morgan fingerprint density at radius 2 is 1.60 bits per heavy atom. The lowest BCUT2D eigenvalue weighted by Crippen LogP contribution is -2.67. The lowest BCUT2D eigenvalue weighted by Gasteiger charge is -2.70. The van der Waals surface area contributed by atoms with Crippen LogP contribution in [-0.4, -0.2) is 29.8 Å². The molecule has 1 aromatic rings. The maximum absolute atomic E-state index is 14.6. The van der Waals surface area contributed by atoms with Gasteiger partial charge in [0.05, 0.1) is 0 Å². The smallest absolute Gasteiger partial charge is 0.251 e. The Kier molecular flexibility index (Phi) is 7.22. The Balaban J connectivity index is 1.31. The summed E-state index contributed by atoms with van der Waals surface area (Å²) >= 11 is 0. The molecular formula is C38H56N2O3. The van der Waals surface area contributed by atoms with Crippen LogP contribution in [0.25, 0.3) is 0 Å². The average molecular weight is 589 g/mol. The van der Waals surface area contributed by atoms with Gasteiger partial charge in [0, 0.05) is 24.4 Å². The zero-order chi connectivity index (χ0) is 31.2. The van der Waals surface area contributed by atoms with Crippen molar-refractivity contribution in [1.82, 2.24) is 5.06 Å². The van der Waals surface area contributed by atoms with Crippen LogP contribution >= 0.6 is 0 Å². The number of benzene rings is 1. The second-order valence-electron chi connectivity index (χ2n) is 17.3. The summed E-state index contributed by atoms with van der Waals surface area (Å²) < 4.78 is 0. The van der Waals surface area contributed by atoms with Crippen LogP contribution in [0.2, 0.25) is 0 Å². The van der Waals surface area contributed by atoms with E-state index < -0.39 is 5.41 Å². The predicted molar refractivity (Wildman–Crippen MR) is 171 cm³/mol. The molecule has 0 aliphatic heterocycles. The minimum Gasteiger partial charge on any atom is -0.327 e. The van der Waals surface area contributed by atoms with Crippen LogP contribution in [0.4, 0.5) is 0 Å². The lowest BCUT2D eigenvalue weighted by atomic mass is 9.33. The van der Waals surface area contributed by atoms with Crippen LogP contribution < -0.4 is 5.73 Å². The molecule has 0 bridgehead atoms. The SMILES string of the molecule is CN(OCc1ccccc1)C(=O)[C@@]1(C)CC[C@]2(C)CC[C@]3(C)C(=CC(=O)[C@@H]4[C@@]5(C)CC[C@H](N)C(C)(C)C5CC[C@]43C)[C@@H]2C1. The van der Waals surface area contributed by atoms with E-state index in [2.05, 4.69) is 54.5 Å². The fraction of sp³-hybridized carbons (Fsp3) is 0.737. The summed E-state index contributed by atoms with van der Waals surface area (Å²) in [7, 11) is 1.76. The summed E-state index contributed by atoms with van der Waals surface area (Å²) in [6.45, 7) is 17.0. The summed E-state index contributed by atoms with van der Waals surface area (Å²) in [5.74, 6) is 1.11. The van der Waals surface area contributed by atoms with E-state index in [0.717, 1.165) is 63.4 Å². The Morgan fingerprint density at radius 3 is 2.30 bits per heavy atom. The van der Waals surface area contributed by atoms with Gasteiger partial charge in [-0.1, -0.05) is 84.4 Å². The predicted octanol–water partition coefficient (Wildman–Crippen LogP) is 7.88. The normalized spacial score (nSPS) is 45.1. The van der Waals surface area contributed by atoms with E-state index >= 15 is 0 Å². The molecular weight excluding hydrogens is 532 g/mol. The molecule has 0 radical (unpaired) electrons. The summed E-state index contributed by atoms with van der Waals surface area (Å²) in [5.41, 5.74) is 8.56. The highest BCUT2D eigenvalue weighted by Gasteiger charge is 2.70. The van der Waals surface area contributed by atoms with E-state index in [4.69, 9.17) is 10.6 Å². The fourth-order valence-corrected chi connectivity index (χ4v) is 11.6. The summed E-state index contributed by atoms with van der Waals surface area (Å²) in [4.78, 5) is 34.6. The number of nitrogens with two attached hydrogens (primary N) is 1. The molecule has 4 saturated carbocycles. The van der Waals surface area contributed by atoms with E-state index in [1.807, 2.05) is 30.3 Å². The Morgan fingerprint density at radius 1 is 0.930 bits per heavy atom. The number of carbonyl (C=O) groups is 2. The number of amides is 1. The molecule has 0 saturated heterocycles. The molecule has 9 atom stereocenters. The van der Waals surface area contributed by atoms with E-state index in [9.17, 15) is 9.59 Å². The standard InChI is InChI=1S/C38H56N2O3/c1-33(2)29-14-17-38(7)31(36(29,5)16-15-30(33)39)28(41)22-26-27-23-35(4,19-18-34(27,3)20-21-37(26,38)6)32(42)40(8)43-24-25-12-10-9-11-13-25/h9-13,22,27,29-31H,14-21,23-24,39H2,1-8H3/t27-,29?,30-,31+,34+,35-,36-,37+,38+/m0/s1. The van der Waals surface area contributed by atoms with Crippen molar-refractivity contribution in [1.29, 1.82) is 0 Å². The van der Waals surface area contributed by atoms with Crippen LogP contribution in [0.3, 0.4) is 0 Å². The van der Waals surface area contributed by atoms with Crippen molar-refractivity contribution in [3.05, 3.63) is 47.5 Å². The second-order valence-corrected chi connectivity index (χ2v) is 17.3. The number of hydroxylamine groups is 2. The maximum Gasteiger partial charge on any atom is 0.251 e. The van der Waals surface area contributed by atoms with Crippen LogP contribution in [0, 0.1) is 50.2 Å². The molecule has 1 amide bonds. The average Bonchev–Trinajstić information content (AvgIpc) is 2.96. The number of allylic oxidation sites excluding steroid dienone is 2. The number of fused-ring (bicyclic) bond motifs is 7. The van der Waals surface area contributed by atoms with Gasteiger partial charge in [-0.05, 0) is 108 Å². The molecule has 0 aromatic heterocycles. The van der Waals surface area contributed by atoms with Crippen molar-refractivity contribution in [2.45, 2.75) is 119 Å². The maximum atomic E-state index is 14.6. The second kappa shape index (κ2) is 10.0. The van der Waals surface area contributed by atoms with Gasteiger partial charge in [-0.15, -0.1) is 0 Å². The van der Waals surface area contributed by atoms with Crippen LogP contribution in [-0.2, 0) is 21.0 Å². The van der Waals surface area contributed by atoms with Crippen LogP contribution in [0.5, 0.6) is 0 Å². The van der Waals surface area contributed by atoms with Gasteiger partial charge >= 0.3 is 0 Å². The molecule has 43 heavy (non-hydrogen) atoms. The zero-order valence-corrected chi connectivity index (χ0v) is 28.1. The third-order valence-corrected chi connectivity index (χ3v) is 14.8. The van der Waals surface area contributed by atoms with Crippen molar-refractivity contribution < 1.29 is 14.4 Å². The molecule has 0 spiro atoms. The molecule has 6 rings (SSSR count). The molecule has 5 heteroatoms. The number of hydrogen-bond acceptors (Lipinski definition) is 4. The van der Waals surface area contributed by atoms with Gasteiger partial charge in [0.2, 0.25) is 0 Å². The largest absolute Gasteiger partial charge is 0.327 e. The van der Waals surface area contributed by atoms with Gasteiger partial charge in [0.25, 0.3) is 5.91 Å². The van der Waals surface area contributed by atoms with Gasteiger partial charge < -0.3 is 5.73 Å². The third-order valence-electron chi connectivity index (χ3n) is 14.8. The summed E-state index contributed by atoms with van der Waals surface area (Å²) in [6.07, 6.45) is 11.3. The minimum absolute atomic E-state index is 0.0257. The Labute approximate surface area is 260 Å². The van der Waals surface area contributed by atoms with Gasteiger partial charge in [0.15, 0.2) is 5.78 Å². The number of hydrogen-bond donors (Lipinski definition) is 1. The van der Waals surface area contributed by atoms with Gasteiger partial charge in [-0.25, -0.2) is 5.06 Å². The number of rotatable bonds is 4. The Bertz CT molecular complexity index is 1320. The number of ketones is 1. The van der Waals surface area contributed by atoms with E-state index in [1.54, 1.807) is 7.05 Å². The monoisotopic (exact) mass is 588 g/mol. The molecule has 1 aromatic carbocycles. The van der Waals surface area contributed by atoms with Gasteiger partial charge in [-0.3, -0.25) is 14.4 Å². The number of carbonyl (C=O) groups excluding carboxylic acids is 2. The lowest BCUT2D eigenvalue weighted by molar-refractivity contribution is -0.200. The summed E-state index contributed by atoms with van der Waals surface area (Å²) in [5, 5.41) is 1.48. The van der Waals surface area contributed by atoms with Crippen LogP contribution in [0.15, 0.2) is 42.0 Å². The quantitative estimate of drug-likeness (QED) is 0.363. The molecule has 4 fully saturated rings. The molecule has 5 nitrogen and oxygen atoms in total. The third kappa shape index (κ3) is 4.37. The highest BCUT2D eigenvalue weighted by atomic mass is 16.7. The number of nitrogens with zero attached hydrogens (tertiary/aromatic N) is 1. The van der Waals surface area contributed by atoms with E-state index in [-0.39, 0.29) is 50.9 Å². The fourth-order valence-electron chi connectivity index (χ4n) is 11.6. The van der Waals surface area contributed by atoms with E-state index in [0.29, 0.717) is 18.3 Å². The molecule has 0 heterocycles. The van der Waals surface area contributed by atoms with Gasteiger partial charge in [-0.2, -0.15) is 0 Å². The minimum atomic E-state index is -0.525. The first-order valence-corrected chi connectivity index (χ1v) is 17.0. The first-order chi connectivity index (χ1) is 20.0. The topological polar surface area (TPSA) is 72.6 Å². The molecule has 5 aliphatic rings. The highest BCUT2D eigenvalue weighted by Crippen LogP contribution is 2.75. The molecule has 236 valence electrons. The van der Waals surface area contributed by atoms with Crippen LogP contribution in [0.1, 0.15) is 112 Å². The molecule has 1 unspecified atom stereocenters. The molecule has 2 N–H and O–H groups in total. The van der Waals surface area contributed by atoms with E-state index in [1.165, 1.54) is 10.6 Å². The van der Waals surface area contributed by atoms with Crippen molar-refractivity contribution in [3.8, 4) is 0 Å². The zero-order valence-electron chi connectivity index (χ0n) is 28.1. The first kappa shape index (κ1) is 31.0.